The predicted molar refractivity (Wildman–Crippen MR) is 126 cm³/mol. The number of phenols is 1. The summed E-state index contributed by atoms with van der Waals surface area (Å²) in [5, 5.41) is 11.0. The highest BCUT2D eigenvalue weighted by Gasteiger charge is 2.26. The van der Waals surface area contributed by atoms with Crippen LogP contribution in [-0.4, -0.2) is 42.8 Å². The summed E-state index contributed by atoms with van der Waals surface area (Å²) >= 11 is 0. The molecule has 0 unspecified atom stereocenters. The fraction of sp³-hybridized carbons (Fsp3) is 0.385. The lowest BCUT2D eigenvalue weighted by Crippen LogP contribution is -2.33. The first-order chi connectivity index (χ1) is 15.9. The summed E-state index contributed by atoms with van der Waals surface area (Å²) in [7, 11) is 1.56. The van der Waals surface area contributed by atoms with E-state index in [0.717, 1.165) is 19.5 Å². The number of aromatic hydroxyl groups is 1. The number of carbonyl (C=O) groups is 1. The number of likely N-dealkylation sites (tertiary alicyclic amines) is 1. The first kappa shape index (κ1) is 22.9. The number of hydrogen-bond donors (Lipinski definition) is 1. The van der Waals surface area contributed by atoms with Gasteiger partial charge in [0.05, 0.1) is 30.2 Å². The lowest BCUT2D eigenvalue weighted by molar-refractivity contribution is 0.0492. The van der Waals surface area contributed by atoms with E-state index in [1.54, 1.807) is 44.4 Å². The first-order valence-corrected chi connectivity index (χ1v) is 11.3. The smallest absolute Gasteiger partial charge is 0.375 e. The van der Waals surface area contributed by atoms with Crippen LogP contribution in [0.15, 0.2) is 45.6 Å². The highest BCUT2D eigenvalue weighted by atomic mass is 16.5. The number of hydrogen-bond acceptors (Lipinski definition) is 7. The number of rotatable bonds is 6. The van der Waals surface area contributed by atoms with Gasteiger partial charge in [-0.05, 0) is 62.1 Å². The van der Waals surface area contributed by atoms with Gasteiger partial charge in [0.25, 0.3) is 0 Å². The monoisotopic (exact) mass is 451 g/mol. The zero-order valence-electron chi connectivity index (χ0n) is 19.2. The van der Waals surface area contributed by atoms with Crippen LogP contribution in [0, 0.1) is 5.92 Å². The van der Waals surface area contributed by atoms with Crippen molar-refractivity contribution in [3.05, 3.63) is 57.9 Å². The fourth-order valence-corrected chi connectivity index (χ4v) is 4.47. The van der Waals surface area contributed by atoms with Gasteiger partial charge in [-0.25, -0.2) is 4.79 Å². The maximum Gasteiger partial charge on any atom is 0.375 e. The third-order valence-corrected chi connectivity index (χ3v) is 6.10. The number of ether oxygens (including phenoxy) is 2. The molecule has 0 spiro atoms. The van der Waals surface area contributed by atoms with Gasteiger partial charge in [0.2, 0.25) is 11.2 Å². The molecule has 1 N–H and O–H groups in total. The zero-order valence-corrected chi connectivity index (χ0v) is 19.2. The average molecular weight is 452 g/mol. The molecule has 1 atom stereocenters. The van der Waals surface area contributed by atoms with Crippen molar-refractivity contribution < 1.29 is 23.8 Å². The molecule has 1 fully saturated rings. The van der Waals surface area contributed by atoms with Gasteiger partial charge in [-0.3, -0.25) is 9.69 Å². The molecule has 0 amide bonds. The standard InChI is InChI=1S/C26H29NO6/c1-4-32-26(30)25-22(17-7-9-18(31-3)10-8-17)23(29)19-11-12-21(28)20(24(19)33-25)15-27-13-5-6-16(2)14-27/h7-12,16,28H,4-6,13-15H2,1-3H3/t16-/m0/s1. The van der Waals surface area contributed by atoms with Crippen LogP contribution in [0.4, 0.5) is 0 Å². The van der Waals surface area contributed by atoms with Crippen molar-refractivity contribution in [3.8, 4) is 22.6 Å². The van der Waals surface area contributed by atoms with Crippen molar-refractivity contribution in [1.29, 1.82) is 0 Å². The second-order valence-electron chi connectivity index (χ2n) is 8.51. The van der Waals surface area contributed by atoms with E-state index >= 15 is 0 Å². The van der Waals surface area contributed by atoms with Crippen molar-refractivity contribution in [2.24, 2.45) is 5.92 Å². The van der Waals surface area contributed by atoms with E-state index in [1.165, 1.54) is 12.5 Å². The quantitative estimate of drug-likeness (QED) is 0.549. The molecule has 4 rings (SSSR count). The summed E-state index contributed by atoms with van der Waals surface area (Å²) in [6, 6.07) is 9.90. The van der Waals surface area contributed by atoms with Crippen LogP contribution in [-0.2, 0) is 11.3 Å². The fourth-order valence-electron chi connectivity index (χ4n) is 4.47. The minimum absolute atomic E-state index is 0.0379. The summed E-state index contributed by atoms with van der Waals surface area (Å²) < 4.78 is 16.5. The molecule has 2 heterocycles. The Balaban J connectivity index is 1.90. The lowest BCUT2D eigenvalue weighted by Gasteiger charge is -2.31. The number of benzene rings is 2. The summed E-state index contributed by atoms with van der Waals surface area (Å²) in [5.41, 5.74) is 1.03. The largest absolute Gasteiger partial charge is 0.507 e. The Morgan fingerprint density at radius 1 is 1.21 bits per heavy atom. The number of carbonyl (C=O) groups excluding carboxylic acids is 1. The molecular formula is C26H29NO6. The Labute approximate surface area is 192 Å². The molecule has 33 heavy (non-hydrogen) atoms. The highest BCUT2D eigenvalue weighted by Crippen LogP contribution is 2.33. The molecule has 1 aromatic heterocycles. The van der Waals surface area contributed by atoms with Crippen molar-refractivity contribution >= 4 is 16.9 Å². The Morgan fingerprint density at radius 2 is 1.97 bits per heavy atom. The van der Waals surface area contributed by atoms with Crippen LogP contribution in [0.1, 0.15) is 42.8 Å². The second kappa shape index (κ2) is 9.67. The van der Waals surface area contributed by atoms with E-state index in [1.807, 2.05) is 0 Å². The Hall–Kier alpha value is -3.32. The van der Waals surface area contributed by atoms with Gasteiger partial charge in [0, 0.05) is 13.1 Å². The molecule has 174 valence electrons. The van der Waals surface area contributed by atoms with Gasteiger partial charge in [0.1, 0.15) is 17.1 Å². The van der Waals surface area contributed by atoms with Crippen molar-refractivity contribution in [3.63, 3.8) is 0 Å². The van der Waals surface area contributed by atoms with Crippen LogP contribution >= 0.6 is 0 Å². The Kier molecular flexibility index (Phi) is 6.70. The number of piperidine rings is 1. The molecule has 2 aromatic carbocycles. The van der Waals surface area contributed by atoms with E-state index < -0.39 is 5.97 Å². The molecule has 1 aliphatic heterocycles. The van der Waals surface area contributed by atoms with Gasteiger partial charge in [-0.2, -0.15) is 0 Å². The van der Waals surface area contributed by atoms with Gasteiger partial charge in [0.15, 0.2) is 0 Å². The molecule has 0 bridgehead atoms. The predicted octanol–water partition coefficient (Wildman–Crippen LogP) is 4.58. The third kappa shape index (κ3) is 4.59. The topological polar surface area (TPSA) is 89.2 Å². The van der Waals surface area contributed by atoms with E-state index in [4.69, 9.17) is 13.9 Å². The minimum atomic E-state index is -0.719. The maximum atomic E-state index is 13.6. The van der Waals surface area contributed by atoms with Crippen LogP contribution in [0.5, 0.6) is 11.5 Å². The zero-order chi connectivity index (χ0) is 23.5. The number of methoxy groups -OCH3 is 1. The second-order valence-corrected chi connectivity index (χ2v) is 8.51. The molecule has 3 aromatic rings. The third-order valence-electron chi connectivity index (χ3n) is 6.10. The molecule has 0 saturated carbocycles. The molecule has 7 nitrogen and oxygen atoms in total. The number of phenolic OH excluding ortho intramolecular Hbond substituents is 1. The van der Waals surface area contributed by atoms with Crippen molar-refractivity contribution in [1.82, 2.24) is 4.90 Å². The first-order valence-electron chi connectivity index (χ1n) is 11.3. The molecular weight excluding hydrogens is 422 g/mol. The van der Waals surface area contributed by atoms with Crippen LogP contribution in [0.25, 0.3) is 22.1 Å². The van der Waals surface area contributed by atoms with E-state index in [2.05, 4.69) is 11.8 Å². The summed E-state index contributed by atoms with van der Waals surface area (Å²) in [5.74, 6) is 0.335. The van der Waals surface area contributed by atoms with Crippen LogP contribution in [0.2, 0.25) is 0 Å². The van der Waals surface area contributed by atoms with Gasteiger partial charge in [-0.15, -0.1) is 0 Å². The van der Waals surface area contributed by atoms with Crippen LogP contribution < -0.4 is 10.2 Å². The minimum Gasteiger partial charge on any atom is -0.507 e. The van der Waals surface area contributed by atoms with Crippen molar-refractivity contribution in [2.45, 2.75) is 33.2 Å². The molecule has 0 radical (unpaired) electrons. The maximum absolute atomic E-state index is 13.6. The van der Waals surface area contributed by atoms with Gasteiger partial charge < -0.3 is 19.0 Å². The van der Waals surface area contributed by atoms with Gasteiger partial charge in [-0.1, -0.05) is 19.1 Å². The SMILES string of the molecule is CCOC(=O)c1oc2c(CN3CCC[C@H](C)C3)c(O)ccc2c(=O)c1-c1ccc(OC)cc1. The number of nitrogens with zero attached hydrogens (tertiary/aromatic N) is 1. The molecule has 1 saturated heterocycles. The van der Waals surface area contributed by atoms with Crippen molar-refractivity contribution in [2.75, 3.05) is 26.8 Å². The number of fused-ring (bicyclic) bond motifs is 1. The van der Waals surface area contributed by atoms with E-state index in [9.17, 15) is 14.7 Å². The Morgan fingerprint density at radius 3 is 2.64 bits per heavy atom. The normalized spacial score (nSPS) is 16.6. The van der Waals surface area contributed by atoms with Crippen LogP contribution in [0.3, 0.4) is 0 Å². The summed E-state index contributed by atoms with van der Waals surface area (Å²) in [4.78, 5) is 28.7. The highest BCUT2D eigenvalue weighted by molar-refractivity contribution is 5.98. The summed E-state index contributed by atoms with van der Waals surface area (Å²) in [6.45, 7) is 6.27. The van der Waals surface area contributed by atoms with E-state index in [-0.39, 0.29) is 34.7 Å². The van der Waals surface area contributed by atoms with E-state index in [0.29, 0.717) is 34.7 Å². The molecule has 0 aliphatic carbocycles. The molecule has 7 heteroatoms. The number of esters is 1. The Bertz CT molecular complexity index is 1210. The average Bonchev–Trinajstić information content (AvgIpc) is 2.81. The summed E-state index contributed by atoms with van der Waals surface area (Å²) in [6.07, 6.45) is 2.25. The lowest BCUT2D eigenvalue weighted by atomic mass is 9.98. The molecule has 1 aliphatic rings. The van der Waals surface area contributed by atoms with Gasteiger partial charge >= 0.3 is 5.97 Å².